The molecular formula is C25H34N2O5. The van der Waals surface area contributed by atoms with Gasteiger partial charge in [0.15, 0.2) is 23.5 Å². The van der Waals surface area contributed by atoms with Crippen LogP contribution in [-0.4, -0.2) is 49.2 Å². The van der Waals surface area contributed by atoms with Crippen LogP contribution in [0.15, 0.2) is 36.5 Å². The maximum Gasteiger partial charge on any atom is 0.273 e. The van der Waals surface area contributed by atoms with Crippen LogP contribution >= 0.6 is 0 Å². The smallest absolute Gasteiger partial charge is 0.273 e. The molecule has 1 aromatic heterocycles. The SMILES string of the molecule is COc1ccnc(C(=O)NCC2COC(C(C)Cc3ccc(C(C)(C)C)cc3)OC2)c1O. The highest BCUT2D eigenvalue weighted by Gasteiger charge is 2.28. The van der Waals surface area contributed by atoms with Gasteiger partial charge in [0, 0.05) is 30.6 Å². The van der Waals surface area contributed by atoms with E-state index in [4.69, 9.17) is 14.2 Å². The minimum Gasteiger partial charge on any atom is -0.503 e. The van der Waals surface area contributed by atoms with Crippen molar-refractivity contribution in [3.63, 3.8) is 0 Å². The molecule has 0 radical (unpaired) electrons. The number of aromatic nitrogens is 1. The summed E-state index contributed by atoms with van der Waals surface area (Å²) < 4.78 is 16.9. The minimum absolute atomic E-state index is 0.0289. The van der Waals surface area contributed by atoms with E-state index in [-0.39, 0.29) is 40.7 Å². The van der Waals surface area contributed by atoms with Gasteiger partial charge in [0.05, 0.1) is 20.3 Å². The van der Waals surface area contributed by atoms with Crippen LogP contribution in [0.25, 0.3) is 0 Å². The van der Waals surface area contributed by atoms with Crippen LogP contribution in [0.1, 0.15) is 49.3 Å². The van der Waals surface area contributed by atoms with Gasteiger partial charge in [0.1, 0.15) is 0 Å². The highest BCUT2D eigenvalue weighted by Crippen LogP contribution is 2.28. The van der Waals surface area contributed by atoms with Crippen molar-refractivity contribution in [3.05, 3.63) is 53.3 Å². The Balaban J connectivity index is 1.45. The largest absolute Gasteiger partial charge is 0.503 e. The number of hydrogen-bond donors (Lipinski definition) is 2. The molecule has 2 N–H and O–H groups in total. The maximum atomic E-state index is 12.4. The lowest BCUT2D eigenvalue weighted by Crippen LogP contribution is -2.42. The quantitative estimate of drug-likeness (QED) is 0.680. The Morgan fingerprint density at radius 3 is 2.47 bits per heavy atom. The monoisotopic (exact) mass is 442 g/mol. The van der Waals surface area contributed by atoms with Crippen molar-refractivity contribution < 1.29 is 24.1 Å². The lowest BCUT2D eigenvalue weighted by atomic mass is 9.86. The van der Waals surface area contributed by atoms with Gasteiger partial charge in [-0.15, -0.1) is 0 Å². The summed E-state index contributed by atoms with van der Waals surface area (Å²) in [7, 11) is 1.42. The first kappa shape index (κ1) is 24.0. The Labute approximate surface area is 190 Å². The molecule has 1 saturated heterocycles. The Morgan fingerprint density at radius 2 is 1.88 bits per heavy atom. The van der Waals surface area contributed by atoms with E-state index < -0.39 is 5.91 Å². The van der Waals surface area contributed by atoms with Crippen LogP contribution in [-0.2, 0) is 21.3 Å². The molecule has 3 rings (SSSR count). The van der Waals surface area contributed by atoms with Crippen molar-refractivity contribution in [2.24, 2.45) is 11.8 Å². The van der Waals surface area contributed by atoms with Crippen LogP contribution in [0.4, 0.5) is 0 Å². The number of carbonyl (C=O) groups excluding carboxylic acids is 1. The van der Waals surface area contributed by atoms with E-state index in [0.29, 0.717) is 19.8 Å². The first-order chi connectivity index (χ1) is 15.2. The van der Waals surface area contributed by atoms with Gasteiger partial charge < -0.3 is 24.6 Å². The highest BCUT2D eigenvalue weighted by molar-refractivity contribution is 5.95. The topological polar surface area (TPSA) is 89.9 Å². The summed E-state index contributed by atoms with van der Waals surface area (Å²) in [6, 6.07) is 10.2. The fraction of sp³-hybridized carbons (Fsp3) is 0.520. The van der Waals surface area contributed by atoms with Crippen molar-refractivity contribution in [1.29, 1.82) is 0 Å². The number of methoxy groups -OCH3 is 1. The normalized spacial score (nSPS) is 19.9. The van der Waals surface area contributed by atoms with Crippen molar-refractivity contribution in [2.45, 2.75) is 45.8 Å². The van der Waals surface area contributed by atoms with Crippen LogP contribution in [0.5, 0.6) is 11.5 Å². The standard InChI is InChI=1S/C25H34N2O5/c1-16(12-17-6-8-19(9-7-17)25(2,3)4)24-31-14-18(15-32-24)13-27-23(29)21-22(28)20(30-5)10-11-26-21/h6-11,16,18,24,28H,12-15H2,1-5H3,(H,27,29). The maximum absolute atomic E-state index is 12.4. The molecule has 1 amide bonds. The van der Waals surface area contributed by atoms with Crippen molar-refractivity contribution in [2.75, 3.05) is 26.9 Å². The first-order valence-electron chi connectivity index (χ1n) is 11.0. The molecule has 0 saturated carbocycles. The summed E-state index contributed by atoms with van der Waals surface area (Å²) in [5.74, 6) is -0.284. The van der Waals surface area contributed by atoms with Crippen molar-refractivity contribution in [1.82, 2.24) is 10.3 Å². The lowest BCUT2D eigenvalue weighted by molar-refractivity contribution is -0.220. The molecule has 7 heteroatoms. The summed E-state index contributed by atoms with van der Waals surface area (Å²) >= 11 is 0. The molecular weight excluding hydrogens is 408 g/mol. The molecule has 2 aromatic rings. The number of nitrogens with one attached hydrogen (secondary N) is 1. The number of carbonyl (C=O) groups is 1. The summed E-state index contributed by atoms with van der Waals surface area (Å²) in [5.41, 5.74) is 2.66. The number of benzene rings is 1. The third kappa shape index (κ3) is 5.99. The van der Waals surface area contributed by atoms with Gasteiger partial charge in [0.2, 0.25) is 0 Å². The van der Waals surface area contributed by atoms with E-state index >= 15 is 0 Å². The van der Waals surface area contributed by atoms with Crippen molar-refractivity contribution in [3.8, 4) is 11.5 Å². The van der Waals surface area contributed by atoms with Gasteiger partial charge in [-0.2, -0.15) is 0 Å². The summed E-state index contributed by atoms with van der Waals surface area (Å²) in [6.07, 6.45) is 2.02. The molecule has 1 fully saturated rings. The molecule has 1 aliphatic heterocycles. The Bertz CT molecular complexity index is 900. The molecule has 0 aliphatic carbocycles. The molecule has 1 aromatic carbocycles. The van der Waals surface area contributed by atoms with Crippen molar-refractivity contribution >= 4 is 5.91 Å². The second-order valence-corrected chi connectivity index (χ2v) is 9.45. The Hall–Kier alpha value is -2.64. The number of amides is 1. The molecule has 2 heterocycles. The van der Waals surface area contributed by atoms with Gasteiger partial charge >= 0.3 is 0 Å². The van der Waals surface area contributed by atoms with Crippen LogP contribution < -0.4 is 10.1 Å². The van der Waals surface area contributed by atoms with Gasteiger partial charge in [0.25, 0.3) is 5.91 Å². The molecule has 1 atom stereocenters. The van der Waals surface area contributed by atoms with Gasteiger partial charge in [-0.05, 0) is 23.0 Å². The van der Waals surface area contributed by atoms with Gasteiger partial charge in [-0.1, -0.05) is 52.0 Å². The van der Waals surface area contributed by atoms with Gasteiger partial charge in [-0.3, -0.25) is 4.79 Å². The third-order valence-corrected chi connectivity index (χ3v) is 5.71. The van der Waals surface area contributed by atoms with E-state index in [9.17, 15) is 9.90 Å². The molecule has 32 heavy (non-hydrogen) atoms. The summed E-state index contributed by atoms with van der Waals surface area (Å²) in [4.78, 5) is 16.3. The summed E-state index contributed by atoms with van der Waals surface area (Å²) in [6.45, 7) is 10.1. The van der Waals surface area contributed by atoms with E-state index in [0.717, 1.165) is 6.42 Å². The highest BCUT2D eigenvalue weighted by atomic mass is 16.7. The zero-order chi connectivity index (χ0) is 23.3. The van der Waals surface area contributed by atoms with Gasteiger partial charge in [-0.25, -0.2) is 4.98 Å². The third-order valence-electron chi connectivity index (χ3n) is 5.71. The predicted molar refractivity (Wildman–Crippen MR) is 122 cm³/mol. The van der Waals surface area contributed by atoms with E-state index in [1.165, 1.54) is 30.5 Å². The number of pyridine rings is 1. The zero-order valence-corrected chi connectivity index (χ0v) is 19.6. The first-order valence-corrected chi connectivity index (χ1v) is 11.0. The number of aromatic hydroxyl groups is 1. The minimum atomic E-state index is -0.462. The Morgan fingerprint density at radius 1 is 1.22 bits per heavy atom. The molecule has 1 aliphatic rings. The average molecular weight is 443 g/mol. The molecule has 7 nitrogen and oxygen atoms in total. The lowest BCUT2D eigenvalue weighted by Gasteiger charge is -2.33. The fourth-order valence-corrected chi connectivity index (χ4v) is 3.70. The fourth-order valence-electron chi connectivity index (χ4n) is 3.70. The number of ether oxygens (including phenoxy) is 3. The molecule has 0 spiro atoms. The second-order valence-electron chi connectivity index (χ2n) is 9.45. The Kier molecular flexibility index (Phi) is 7.74. The van der Waals surface area contributed by atoms with Crippen LogP contribution in [0, 0.1) is 11.8 Å². The number of nitrogens with zero attached hydrogens (tertiary/aromatic N) is 1. The van der Waals surface area contributed by atoms with Crippen LogP contribution in [0.3, 0.4) is 0 Å². The molecule has 1 unspecified atom stereocenters. The number of rotatable bonds is 7. The molecule has 0 bridgehead atoms. The second kappa shape index (κ2) is 10.3. The average Bonchev–Trinajstić information content (AvgIpc) is 2.77. The predicted octanol–water partition coefficient (Wildman–Crippen LogP) is 3.69. The zero-order valence-electron chi connectivity index (χ0n) is 19.6. The van der Waals surface area contributed by atoms with E-state index in [2.05, 4.69) is 62.3 Å². The number of hydrogen-bond acceptors (Lipinski definition) is 6. The molecule has 174 valence electrons. The van der Waals surface area contributed by atoms with Crippen LogP contribution in [0.2, 0.25) is 0 Å². The van der Waals surface area contributed by atoms with E-state index in [1.54, 1.807) is 0 Å². The van der Waals surface area contributed by atoms with E-state index in [1.807, 2.05) is 0 Å². The summed E-state index contributed by atoms with van der Waals surface area (Å²) in [5, 5.41) is 12.9.